The number of likely N-dealkylation sites (N-methyl/N-ethyl adjacent to an activating group) is 1. The lowest BCUT2D eigenvalue weighted by atomic mass is 10.1. The zero-order valence-electron chi connectivity index (χ0n) is 15.9. The number of nitrogens with zero attached hydrogens (tertiary/aromatic N) is 2. The second-order valence-electron chi connectivity index (χ2n) is 6.68. The molecular formula is C19H30N2O4S. The molecule has 0 radical (unpaired) electrons. The quantitative estimate of drug-likeness (QED) is 0.465. The molecule has 2 heterocycles. The summed E-state index contributed by atoms with van der Waals surface area (Å²) in [6.45, 7) is 4.98. The van der Waals surface area contributed by atoms with Gasteiger partial charge in [-0.2, -0.15) is 0 Å². The molecule has 0 bridgehead atoms. The van der Waals surface area contributed by atoms with E-state index in [4.69, 9.17) is 4.74 Å². The third-order valence-electron chi connectivity index (χ3n) is 4.60. The highest BCUT2D eigenvalue weighted by Gasteiger charge is 2.44. The molecule has 0 aliphatic carbocycles. The second kappa shape index (κ2) is 10.0. The summed E-state index contributed by atoms with van der Waals surface area (Å²) in [5.41, 5.74) is 0. The lowest BCUT2D eigenvalue weighted by molar-refractivity contribution is -0.127. The van der Waals surface area contributed by atoms with Gasteiger partial charge < -0.3 is 9.84 Å². The van der Waals surface area contributed by atoms with Gasteiger partial charge in [0.2, 0.25) is 0 Å². The van der Waals surface area contributed by atoms with Crippen LogP contribution in [0.4, 0.5) is 9.80 Å². The molecule has 1 aliphatic heterocycles. The molecule has 3 amide bonds. The van der Waals surface area contributed by atoms with E-state index < -0.39 is 12.1 Å². The van der Waals surface area contributed by atoms with Gasteiger partial charge in [0.05, 0.1) is 12.7 Å². The van der Waals surface area contributed by atoms with Crippen LogP contribution in [-0.2, 0) is 9.53 Å². The maximum atomic E-state index is 12.5. The van der Waals surface area contributed by atoms with Gasteiger partial charge in [-0.1, -0.05) is 39.5 Å². The molecule has 2 atom stereocenters. The summed E-state index contributed by atoms with van der Waals surface area (Å²) in [5, 5.41) is 11.0. The van der Waals surface area contributed by atoms with Gasteiger partial charge in [-0.15, -0.1) is 11.3 Å². The van der Waals surface area contributed by atoms with E-state index in [1.54, 1.807) is 0 Å². The fourth-order valence-electron chi connectivity index (χ4n) is 2.94. The molecule has 1 fully saturated rings. The average Bonchev–Trinajstić information content (AvgIpc) is 3.19. The summed E-state index contributed by atoms with van der Waals surface area (Å²) in [7, 11) is 1.50. The number of aliphatic hydroxyl groups is 1. The van der Waals surface area contributed by atoms with Gasteiger partial charge in [-0.05, 0) is 25.0 Å². The highest BCUT2D eigenvalue weighted by molar-refractivity contribution is 7.16. The van der Waals surface area contributed by atoms with Crippen molar-refractivity contribution < 1.29 is 19.4 Å². The summed E-state index contributed by atoms with van der Waals surface area (Å²) in [5.74, 6) is -0.245. The first-order valence-electron chi connectivity index (χ1n) is 9.47. The van der Waals surface area contributed by atoms with Crippen molar-refractivity contribution in [3.05, 3.63) is 17.0 Å². The molecule has 0 spiro atoms. The molecule has 2 unspecified atom stereocenters. The first kappa shape index (κ1) is 20.9. The third-order valence-corrected chi connectivity index (χ3v) is 5.78. The van der Waals surface area contributed by atoms with E-state index in [9.17, 15) is 14.7 Å². The van der Waals surface area contributed by atoms with Crippen LogP contribution < -0.4 is 4.90 Å². The maximum Gasteiger partial charge on any atom is 0.332 e. The minimum Gasteiger partial charge on any atom is -0.388 e. The number of hydrogen-bond donors (Lipinski definition) is 1. The van der Waals surface area contributed by atoms with Gasteiger partial charge in [-0.25, -0.2) is 4.79 Å². The lowest BCUT2D eigenvalue weighted by Crippen LogP contribution is -2.38. The fourth-order valence-corrected chi connectivity index (χ4v) is 4.01. The Morgan fingerprint density at radius 1 is 1.19 bits per heavy atom. The number of urea groups is 1. The number of aliphatic hydroxyl groups excluding tert-OH is 1. The molecule has 1 saturated heterocycles. The summed E-state index contributed by atoms with van der Waals surface area (Å²) in [4.78, 5) is 28.4. The van der Waals surface area contributed by atoms with Crippen molar-refractivity contribution in [1.82, 2.24) is 4.90 Å². The van der Waals surface area contributed by atoms with Crippen LogP contribution in [0.5, 0.6) is 0 Å². The van der Waals surface area contributed by atoms with E-state index in [0.717, 1.165) is 41.9 Å². The third kappa shape index (κ3) is 4.84. The predicted molar refractivity (Wildman–Crippen MR) is 104 cm³/mol. The number of imide groups is 1. The number of rotatable bonds is 11. The molecular weight excluding hydrogens is 352 g/mol. The van der Waals surface area contributed by atoms with Crippen molar-refractivity contribution in [3.63, 3.8) is 0 Å². The van der Waals surface area contributed by atoms with E-state index in [1.807, 2.05) is 12.1 Å². The van der Waals surface area contributed by atoms with Crippen LogP contribution >= 0.6 is 11.3 Å². The average molecular weight is 383 g/mol. The summed E-state index contributed by atoms with van der Waals surface area (Å²) >= 11 is 1.37. The number of ether oxygens (including phenoxy) is 1. The molecule has 26 heavy (non-hydrogen) atoms. The molecule has 0 aromatic carbocycles. The molecule has 2 rings (SSSR count). The highest BCUT2D eigenvalue weighted by atomic mass is 32.1. The van der Waals surface area contributed by atoms with E-state index in [2.05, 4.69) is 13.8 Å². The van der Waals surface area contributed by atoms with Crippen molar-refractivity contribution in [2.45, 2.75) is 64.5 Å². The number of thiophene rings is 1. The van der Waals surface area contributed by atoms with Crippen LogP contribution in [0.25, 0.3) is 0 Å². The van der Waals surface area contributed by atoms with Crippen molar-refractivity contribution in [1.29, 1.82) is 0 Å². The zero-order chi connectivity index (χ0) is 19.1. The van der Waals surface area contributed by atoms with Crippen LogP contribution in [0.3, 0.4) is 0 Å². The Bertz CT molecular complexity index is 604. The lowest BCUT2D eigenvalue weighted by Gasteiger charge is -2.20. The smallest absolute Gasteiger partial charge is 0.332 e. The van der Waals surface area contributed by atoms with Gasteiger partial charge >= 0.3 is 6.03 Å². The Hall–Kier alpha value is -1.44. The van der Waals surface area contributed by atoms with Crippen LogP contribution in [0.2, 0.25) is 0 Å². The van der Waals surface area contributed by atoms with Crippen molar-refractivity contribution in [2.75, 3.05) is 25.2 Å². The molecule has 146 valence electrons. The molecule has 1 N–H and O–H groups in total. The van der Waals surface area contributed by atoms with Gasteiger partial charge in [0.25, 0.3) is 5.91 Å². The van der Waals surface area contributed by atoms with Crippen LogP contribution in [0.1, 0.15) is 63.4 Å². The van der Waals surface area contributed by atoms with E-state index in [1.165, 1.54) is 23.3 Å². The van der Waals surface area contributed by atoms with Crippen LogP contribution in [-0.4, -0.2) is 48.2 Å². The first-order valence-corrected chi connectivity index (χ1v) is 10.3. The van der Waals surface area contributed by atoms with Gasteiger partial charge in [0.15, 0.2) is 0 Å². The maximum absolute atomic E-state index is 12.5. The zero-order valence-corrected chi connectivity index (χ0v) is 16.8. The minimum absolute atomic E-state index is 0.196. The standard InChI is InChI=1S/C19H30N2O4S/c1-4-6-8-9-15(22)16-10-11-17(26-16)21-14(13-25-12-7-5-2)18(23)20(3)19(21)24/h10-11,14-15,22H,4-9,12-13H2,1-3H3. The number of amides is 3. The van der Waals surface area contributed by atoms with Crippen molar-refractivity contribution >= 4 is 28.3 Å². The topological polar surface area (TPSA) is 70.1 Å². The minimum atomic E-state index is -0.631. The Labute approximate surface area is 159 Å². The number of carbonyl (C=O) groups excluding carboxylic acids is 2. The van der Waals surface area contributed by atoms with E-state index >= 15 is 0 Å². The molecule has 1 aromatic rings. The van der Waals surface area contributed by atoms with Crippen molar-refractivity contribution in [3.8, 4) is 0 Å². The summed E-state index contributed by atoms with van der Waals surface area (Å²) in [6.07, 6.45) is 5.32. The summed E-state index contributed by atoms with van der Waals surface area (Å²) < 4.78 is 5.61. The SMILES string of the molecule is CCCCCC(O)c1ccc(N2C(=O)N(C)C(=O)C2COCCCC)s1. The predicted octanol–water partition coefficient (Wildman–Crippen LogP) is 3.95. The Kier molecular flexibility index (Phi) is 8.06. The normalized spacial score (nSPS) is 18.8. The van der Waals surface area contributed by atoms with Crippen LogP contribution in [0.15, 0.2) is 12.1 Å². The van der Waals surface area contributed by atoms with E-state index in [-0.39, 0.29) is 18.5 Å². The number of hydrogen-bond acceptors (Lipinski definition) is 5. The molecule has 7 heteroatoms. The highest BCUT2D eigenvalue weighted by Crippen LogP contribution is 2.36. The largest absolute Gasteiger partial charge is 0.388 e. The summed E-state index contributed by atoms with van der Waals surface area (Å²) in [6, 6.07) is 2.69. The number of anilines is 1. The molecule has 1 aromatic heterocycles. The Morgan fingerprint density at radius 2 is 1.92 bits per heavy atom. The van der Waals surface area contributed by atoms with Gasteiger partial charge in [-0.3, -0.25) is 14.6 Å². The van der Waals surface area contributed by atoms with Crippen molar-refractivity contribution in [2.24, 2.45) is 0 Å². The monoisotopic (exact) mass is 382 g/mol. The number of carbonyl (C=O) groups is 2. The molecule has 6 nitrogen and oxygen atoms in total. The van der Waals surface area contributed by atoms with E-state index in [0.29, 0.717) is 18.0 Å². The second-order valence-corrected chi connectivity index (χ2v) is 7.78. The van der Waals surface area contributed by atoms with Crippen LogP contribution in [0, 0.1) is 0 Å². The number of unbranched alkanes of at least 4 members (excludes halogenated alkanes) is 3. The Balaban J connectivity index is 2.08. The first-order chi connectivity index (χ1) is 12.5. The molecule has 1 aliphatic rings. The Morgan fingerprint density at radius 3 is 2.62 bits per heavy atom. The molecule has 0 saturated carbocycles. The van der Waals surface area contributed by atoms with Gasteiger partial charge in [0.1, 0.15) is 11.0 Å². The van der Waals surface area contributed by atoms with Gasteiger partial charge in [0, 0.05) is 18.5 Å². The fraction of sp³-hybridized carbons (Fsp3) is 0.684.